The number of hydrogen-bond donors (Lipinski definition) is 0. The summed E-state index contributed by atoms with van der Waals surface area (Å²) in [6, 6.07) is 35.1. The fraction of sp³-hybridized carbons (Fsp3) is 0.229. The van der Waals surface area contributed by atoms with Gasteiger partial charge in [-0.05, 0) is 77.4 Å². The average molecular weight is 631 g/mol. The van der Waals surface area contributed by atoms with E-state index in [4.69, 9.17) is 9.47 Å². The molecule has 39 heavy (non-hydrogen) atoms. The number of carbonyl (C=O) groups excluding carboxylic acids is 1. The molecule has 4 heteroatoms. The van der Waals surface area contributed by atoms with Gasteiger partial charge in [-0.1, -0.05) is 115 Å². The molecule has 0 saturated heterocycles. The van der Waals surface area contributed by atoms with E-state index in [1.807, 2.05) is 54.6 Å². The number of rotatable bonds is 13. The minimum Gasteiger partial charge on any atom is -0.494 e. The van der Waals surface area contributed by atoms with Gasteiger partial charge in [0.05, 0.1) is 13.2 Å². The van der Waals surface area contributed by atoms with Gasteiger partial charge < -0.3 is 9.47 Å². The van der Waals surface area contributed by atoms with Crippen LogP contribution in [0, 0.1) is 0 Å². The molecule has 4 aromatic rings. The zero-order valence-electron chi connectivity index (χ0n) is 22.7. The van der Waals surface area contributed by atoms with Gasteiger partial charge in [-0.2, -0.15) is 0 Å². The Morgan fingerprint density at radius 3 is 1.44 bits per heavy atom. The Labute approximate surface area is 246 Å². The second-order valence-corrected chi connectivity index (χ2v) is 10.5. The van der Waals surface area contributed by atoms with Crippen LogP contribution < -0.4 is 9.47 Å². The Bertz CT molecular complexity index is 1300. The van der Waals surface area contributed by atoms with Crippen LogP contribution in [0.3, 0.4) is 0 Å². The number of carbonyl (C=O) groups is 1. The summed E-state index contributed by atoms with van der Waals surface area (Å²) in [5, 5.41) is 0. The molecule has 0 N–H and O–H groups in total. The van der Waals surface area contributed by atoms with Crippen molar-refractivity contribution in [3.8, 4) is 11.5 Å². The molecule has 0 amide bonds. The van der Waals surface area contributed by atoms with Crippen LogP contribution in [0.2, 0.25) is 0 Å². The Hall–Kier alpha value is -3.38. The largest absolute Gasteiger partial charge is 0.494 e. The van der Waals surface area contributed by atoms with Crippen molar-refractivity contribution in [2.24, 2.45) is 0 Å². The summed E-state index contributed by atoms with van der Waals surface area (Å²) in [6.45, 7) is 5.19. The first-order valence-electron chi connectivity index (χ1n) is 13.5. The number of hydrogen-bond acceptors (Lipinski definition) is 3. The van der Waals surface area contributed by atoms with Crippen LogP contribution in [-0.4, -0.2) is 23.4 Å². The van der Waals surface area contributed by atoms with Gasteiger partial charge in [-0.15, -0.1) is 0 Å². The summed E-state index contributed by atoms with van der Waals surface area (Å²) in [5.74, 6) is 1.80. The second-order valence-electron chi connectivity index (χ2n) is 9.39. The lowest BCUT2D eigenvalue weighted by Crippen LogP contribution is -2.00. The summed E-state index contributed by atoms with van der Waals surface area (Å²) >= 11 is 2.37. The summed E-state index contributed by atoms with van der Waals surface area (Å²) in [5.41, 5.74) is 7.24. The first kappa shape index (κ1) is 28.6. The lowest BCUT2D eigenvalue weighted by molar-refractivity contribution is 0.101. The molecule has 0 fully saturated rings. The average Bonchev–Trinajstić information content (AvgIpc) is 2.98. The molecule has 4 aromatic carbocycles. The maximum Gasteiger partial charge on any atom is 0.159 e. The normalized spacial score (nSPS) is 11.6. The van der Waals surface area contributed by atoms with Crippen molar-refractivity contribution >= 4 is 39.5 Å². The first-order chi connectivity index (χ1) is 19.1. The quantitative estimate of drug-likeness (QED) is 0.0486. The number of ketones is 1. The number of alkyl halides is 1. The van der Waals surface area contributed by atoms with Crippen molar-refractivity contribution in [1.29, 1.82) is 0 Å². The molecule has 200 valence electrons. The monoisotopic (exact) mass is 630 g/mol. The van der Waals surface area contributed by atoms with Crippen LogP contribution in [0.25, 0.3) is 11.1 Å². The highest BCUT2D eigenvalue weighted by atomic mass is 127. The third kappa shape index (κ3) is 7.82. The fourth-order valence-electron chi connectivity index (χ4n) is 4.40. The number of unbranched alkanes of at least 4 members (excludes halogenated alkanes) is 1. The van der Waals surface area contributed by atoms with E-state index in [1.54, 1.807) is 6.92 Å². The van der Waals surface area contributed by atoms with E-state index >= 15 is 0 Å². The van der Waals surface area contributed by atoms with Crippen LogP contribution in [0.4, 0.5) is 0 Å². The number of ether oxygens (including phenoxy) is 2. The van der Waals surface area contributed by atoms with Crippen LogP contribution in [0.1, 0.15) is 65.7 Å². The molecule has 4 rings (SSSR count). The van der Waals surface area contributed by atoms with Crippen molar-refractivity contribution in [1.82, 2.24) is 0 Å². The number of halogens is 1. The second kappa shape index (κ2) is 14.7. The van der Waals surface area contributed by atoms with Gasteiger partial charge in [-0.3, -0.25) is 4.79 Å². The molecule has 0 spiro atoms. The third-order valence-corrected chi connectivity index (χ3v) is 7.25. The zero-order chi connectivity index (χ0) is 27.5. The van der Waals surface area contributed by atoms with Crippen molar-refractivity contribution in [3.05, 3.63) is 131 Å². The molecule has 0 aliphatic heterocycles. The predicted molar refractivity (Wildman–Crippen MR) is 170 cm³/mol. The minimum absolute atomic E-state index is 0.0591. The maximum atomic E-state index is 12.0. The maximum absolute atomic E-state index is 12.0. The molecule has 0 heterocycles. The van der Waals surface area contributed by atoms with E-state index in [-0.39, 0.29) is 5.78 Å². The Kier molecular flexibility index (Phi) is 10.8. The smallest absolute Gasteiger partial charge is 0.159 e. The summed E-state index contributed by atoms with van der Waals surface area (Å²) < 4.78 is 13.0. The van der Waals surface area contributed by atoms with Gasteiger partial charge in [0.25, 0.3) is 0 Å². The number of Topliss-reactive ketones (excluding diaryl/α,β-unsaturated/α-hetero) is 1. The van der Waals surface area contributed by atoms with Gasteiger partial charge in [0.1, 0.15) is 11.5 Å². The molecular weight excluding hydrogens is 595 g/mol. The standard InChI is InChI=1S/C35H35IO3/c1-3-4-24-38-32-19-15-30(16-20-32)35(31-17-21-33(22-18-31)39-25-8-23-36)34(28-9-6-5-7-10-28)29-13-11-27(12-14-29)26(2)37/h5-7,9-22H,3-4,8,23-25H2,1-2H3/b35-34+. The Morgan fingerprint density at radius 2 is 1.00 bits per heavy atom. The first-order valence-corrected chi connectivity index (χ1v) is 15.1. The van der Waals surface area contributed by atoms with Crippen molar-refractivity contribution < 1.29 is 14.3 Å². The van der Waals surface area contributed by atoms with Crippen molar-refractivity contribution in [2.75, 3.05) is 17.6 Å². The topological polar surface area (TPSA) is 35.5 Å². The zero-order valence-corrected chi connectivity index (χ0v) is 24.8. The summed E-state index contributed by atoms with van der Waals surface area (Å²) in [4.78, 5) is 12.0. The fourth-order valence-corrected chi connectivity index (χ4v) is 4.71. The molecule has 0 aromatic heterocycles. The van der Waals surface area contributed by atoms with Crippen molar-refractivity contribution in [2.45, 2.75) is 33.1 Å². The molecular formula is C35H35IO3. The minimum atomic E-state index is 0.0591. The van der Waals surface area contributed by atoms with Crippen molar-refractivity contribution in [3.63, 3.8) is 0 Å². The van der Waals surface area contributed by atoms with E-state index < -0.39 is 0 Å². The SMILES string of the molecule is CCCCOc1ccc(/C(=C(/c2ccccc2)c2ccc(C(C)=O)cc2)c2ccc(OCCCI)cc2)cc1. The van der Waals surface area contributed by atoms with Gasteiger partial charge in [0.15, 0.2) is 5.78 Å². The Morgan fingerprint density at radius 1 is 0.590 bits per heavy atom. The molecule has 0 atom stereocenters. The van der Waals surface area contributed by atoms with E-state index in [2.05, 4.69) is 78.0 Å². The van der Waals surface area contributed by atoms with Gasteiger partial charge in [-0.25, -0.2) is 0 Å². The van der Waals surface area contributed by atoms with Gasteiger partial charge in [0, 0.05) is 9.99 Å². The van der Waals surface area contributed by atoms with E-state index in [0.717, 1.165) is 75.2 Å². The van der Waals surface area contributed by atoms with Gasteiger partial charge in [0.2, 0.25) is 0 Å². The molecule has 3 nitrogen and oxygen atoms in total. The molecule has 0 radical (unpaired) electrons. The van der Waals surface area contributed by atoms with Crippen LogP contribution >= 0.6 is 22.6 Å². The molecule has 0 aliphatic carbocycles. The van der Waals surface area contributed by atoms with E-state index in [1.165, 1.54) is 0 Å². The third-order valence-electron chi connectivity index (χ3n) is 6.49. The van der Waals surface area contributed by atoms with Gasteiger partial charge >= 0.3 is 0 Å². The lowest BCUT2D eigenvalue weighted by Gasteiger charge is -2.19. The molecule has 0 unspecified atom stereocenters. The Balaban J connectivity index is 1.87. The highest BCUT2D eigenvalue weighted by Crippen LogP contribution is 2.38. The summed E-state index contributed by atoms with van der Waals surface area (Å²) in [7, 11) is 0. The number of benzene rings is 4. The van der Waals surface area contributed by atoms with Crippen LogP contribution in [0.5, 0.6) is 11.5 Å². The summed E-state index contributed by atoms with van der Waals surface area (Å²) in [6.07, 6.45) is 3.16. The lowest BCUT2D eigenvalue weighted by atomic mass is 9.85. The molecule has 0 bridgehead atoms. The van der Waals surface area contributed by atoms with Crippen LogP contribution in [0.15, 0.2) is 103 Å². The highest BCUT2D eigenvalue weighted by molar-refractivity contribution is 14.1. The van der Waals surface area contributed by atoms with Crippen LogP contribution in [-0.2, 0) is 0 Å². The highest BCUT2D eigenvalue weighted by Gasteiger charge is 2.17. The molecule has 0 aliphatic rings. The van der Waals surface area contributed by atoms with E-state index in [9.17, 15) is 4.79 Å². The molecule has 0 saturated carbocycles. The van der Waals surface area contributed by atoms with E-state index in [0.29, 0.717) is 12.2 Å². The predicted octanol–water partition coefficient (Wildman–Crippen LogP) is 9.28.